The maximum absolute atomic E-state index is 14.3. The first-order chi connectivity index (χ1) is 21.3. The van der Waals surface area contributed by atoms with E-state index in [-0.39, 0.29) is 17.7 Å². The molecule has 6 rings (SSSR count). The zero-order valence-electron chi connectivity index (χ0n) is 24.7. The number of fused-ring (bicyclic) bond motifs is 2. The Hall–Kier alpha value is -4.60. The summed E-state index contributed by atoms with van der Waals surface area (Å²) >= 11 is 7.76. The molecule has 10 heteroatoms. The number of para-hydroxylation sites is 1. The highest BCUT2D eigenvalue weighted by molar-refractivity contribution is 7.07. The highest BCUT2D eigenvalue weighted by Gasteiger charge is 2.35. The lowest BCUT2D eigenvalue weighted by atomic mass is 9.94. The van der Waals surface area contributed by atoms with Gasteiger partial charge in [-0.3, -0.25) is 9.36 Å². The molecule has 0 bridgehead atoms. The van der Waals surface area contributed by atoms with Gasteiger partial charge < -0.3 is 18.8 Å². The van der Waals surface area contributed by atoms with E-state index in [4.69, 9.17) is 30.8 Å². The summed E-state index contributed by atoms with van der Waals surface area (Å²) in [7, 11) is 3.11. The Labute approximate surface area is 262 Å². The third-order valence-electron chi connectivity index (χ3n) is 7.65. The van der Waals surface area contributed by atoms with Gasteiger partial charge in [0.1, 0.15) is 17.5 Å². The van der Waals surface area contributed by atoms with Gasteiger partial charge in [-0.2, -0.15) is 0 Å². The lowest BCUT2D eigenvalue weighted by molar-refractivity contribution is -0.139. The standard InChI is InChI=1S/C34H30ClN3O5S/c1-5-43-33(40)30-20(2)36-34-38(31(30)25-17-23(41-3)14-15-28(25)42-4)32(39)29(44-34)16-22-19-37(27-13-9-7-11-24(22)27)18-21-10-6-8-12-26(21)35/h6-17,19,31H,5,18H2,1-4H3/b29-16-. The van der Waals surface area contributed by atoms with Crippen LogP contribution in [0, 0.1) is 0 Å². The summed E-state index contributed by atoms with van der Waals surface area (Å²) < 4.78 is 20.8. The van der Waals surface area contributed by atoms with Crippen LogP contribution in [0.1, 0.15) is 36.6 Å². The monoisotopic (exact) mass is 627 g/mol. The van der Waals surface area contributed by atoms with Gasteiger partial charge in [0.05, 0.1) is 36.6 Å². The molecule has 1 unspecified atom stereocenters. The van der Waals surface area contributed by atoms with Crippen LogP contribution in [0.4, 0.5) is 0 Å². The van der Waals surface area contributed by atoms with E-state index in [0.29, 0.717) is 43.7 Å². The number of ether oxygens (including phenoxy) is 3. The molecule has 0 spiro atoms. The normalized spacial score (nSPS) is 14.8. The molecule has 0 radical (unpaired) electrons. The maximum Gasteiger partial charge on any atom is 0.338 e. The lowest BCUT2D eigenvalue weighted by Crippen LogP contribution is -2.40. The van der Waals surface area contributed by atoms with Crippen LogP contribution >= 0.6 is 22.9 Å². The largest absolute Gasteiger partial charge is 0.497 e. The molecule has 3 aromatic carbocycles. The molecule has 5 aromatic rings. The van der Waals surface area contributed by atoms with Gasteiger partial charge in [0, 0.05) is 39.8 Å². The number of nitrogens with zero attached hydrogens (tertiary/aromatic N) is 3. The van der Waals surface area contributed by atoms with E-state index < -0.39 is 12.0 Å². The fraction of sp³-hybridized carbons (Fsp3) is 0.206. The molecule has 1 atom stereocenters. The smallest absolute Gasteiger partial charge is 0.338 e. The van der Waals surface area contributed by atoms with E-state index in [2.05, 4.69) is 10.6 Å². The molecule has 2 aromatic heterocycles. The van der Waals surface area contributed by atoms with Crippen LogP contribution in [-0.4, -0.2) is 35.9 Å². The lowest BCUT2D eigenvalue weighted by Gasteiger charge is -2.26. The Morgan fingerprint density at radius 3 is 2.59 bits per heavy atom. The fourth-order valence-corrected chi connectivity index (χ4v) is 6.84. The number of rotatable bonds is 8. The molecular formula is C34H30ClN3O5S. The van der Waals surface area contributed by atoms with Crippen molar-refractivity contribution in [2.24, 2.45) is 4.99 Å². The van der Waals surface area contributed by atoms with E-state index in [0.717, 1.165) is 22.0 Å². The zero-order chi connectivity index (χ0) is 31.0. The first-order valence-corrected chi connectivity index (χ1v) is 15.3. The topological polar surface area (TPSA) is 84.1 Å². The second kappa shape index (κ2) is 12.2. The fourth-order valence-electron chi connectivity index (χ4n) is 5.61. The molecular weight excluding hydrogens is 598 g/mol. The molecule has 0 aliphatic carbocycles. The minimum absolute atomic E-state index is 0.181. The summed E-state index contributed by atoms with van der Waals surface area (Å²) in [5, 5.41) is 1.70. The van der Waals surface area contributed by atoms with Gasteiger partial charge in [0.2, 0.25) is 0 Å². The summed E-state index contributed by atoms with van der Waals surface area (Å²) in [6, 6.07) is 20.3. The second-order valence-electron chi connectivity index (χ2n) is 10.2. The number of carbonyl (C=O) groups excluding carboxylic acids is 1. The average molecular weight is 628 g/mol. The molecule has 1 aliphatic rings. The zero-order valence-corrected chi connectivity index (χ0v) is 26.2. The quantitative estimate of drug-likeness (QED) is 0.213. The molecule has 0 saturated carbocycles. The van der Waals surface area contributed by atoms with Crippen molar-refractivity contribution >= 4 is 45.9 Å². The number of allylic oxidation sites excluding steroid dienone is 1. The van der Waals surface area contributed by atoms with Gasteiger partial charge >= 0.3 is 5.97 Å². The highest BCUT2D eigenvalue weighted by Crippen LogP contribution is 2.38. The Morgan fingerprint density at radius 2 is 1.84 bits per heavy atom. The molecule has 224 valence electrons. The number of thiazole rings is 1. The van der Waals surface area contributed by atoms with Crippen LogP contribution in [0.5, 0.6) is 11.5 Å². The summed E-state index contributed by atoms with van der Waals surface area (Å²) in [6.45, 7) is 4.25. The van der Waals surface area contributed by atoms with Crippen molar-refractivity contribution in [2.75, 3.05) is 20.8 Å². The van der Waals surface area contributed by atoms with Crippen molar-refractivity contribution in [3.05, 3.63) is 126 Å². The number of aromatic nitrogens is 2. The van der Waals surface area contributed by atoms with Crippen LogP contribution in [0.2, 0.25) is 5.02 Å². The third kappa shape index (κ3) is 5.22. The minimum Gasteiger partial charge on any atom is -0.497 e. The number of carbonyl (C=O) groups is 1. The first-order valence-electron chi connectivity index (χ1n) is 14.1. The van der Waals surface area contributed by atoms with Crippen molar-refractivity contribution in [1.82, 2.24) is 9.13 Å². The summed E-state index contributed by atoms with van der Waals surface area (Å²) in [5.41, 5.74) is 3.96. The van der Waals surface area contributed by atoms with Crippen molar-refractivity contribution in [2.45, 2.75) is 26.4 Å². The first kappa shape index (κ1) is 29.5. The Bertz CT molecular complexity index is 2120. The van der Waals surface area contributed by atoms with E-state index in [9.17, 15) is 9.59 Å². The van der Waals surface area contributed by atoms with E-state index in [1.165, 1.54) is 11.3 Å². The molecule has 8 nitrogen and oxygen atoms in total. The van der Waals surface area contributed by atoms with Crippen molar-refractivity contribution < 1.29 is 19.0 Å². The molecule has 0 saturated heterocycles. The van der Waals surface area contributed by atoms with Gasteiger partial charge in [-0.1, -0.05) is 59.3 Å². The van der Waals surface area contributed by atoms with E-state index in [1.54, 1.807) is 50.8 Å². The van der Waals surface area contributed by atoms with Crippen molar-refractivity contribution in [3.8, 4) is 11.5 Å². The van der Waals surface area contributed by atoms with Crippen LogP contribution in [0.15, 0.2) is 94.0 Å². The van der Waals surface area contributed by atoms with Crippen LogP contribution in [0.3, 0.4) is 0 Å². The Morgan fingerprint density at radius 1 is 1.07 bits per heavy atom. The molecule has 0 fully saturated rings. The molecule has 0 N–H and O–H groups in total. The number of halogens is 1. The number of benzene rings is 3. The predicted molar refractivity (Wildman–Crippen MR) is 172 cm³/mol. The minimum atomic E-state index is -0.834. The summed E-state index contributed by atoms with van der Waals surface area (Å²) in [4.78, 5) is 32.8. The van der Waals surface area contributed by atoms with Gasteiger partial charge in [-0.05, 0) is 55.8 Å². The number of esters is 1. The van der Waals surface area contributed by atoms with Gasteiger partial charge in [0.25, 0.3) is 5.56 Å². The Balaban J connectivity index is 1.55. The molecule has 0 amide bonds. The summed E-state index contributed by atoms with van der Waals surface area (Å²) in [6.07, 6.45) is 3.92. The third-order valence-corrected chi connectivity index (χ3v) is 9.00. The van der Waals surface area contributed by atoms with Gasteiger partial charge in [-0.15, -0.1) is 0 Å². The van der Waals surface area contributed by atoms with Gasteiger partial charge in [-0.25, -0.2) is 9.79 Å². The van der Waals surface area contributed by atoms with E-state index >= 15 is 0 Å². The average Bonchev–Trinajstić information content (AvgIpc) is 3.53. The molecule has 3 heterocycles. The van der Waals surface area contributed by atoms with Crippen LogP contribution in [-0.2, 0) is 16.1 Å². The van der Waals surface area contributed by atoms with Crippen molar-refractivity contribution in [1.29, 1.82) is 0 Å². The number of hydrogen-bond acceptors (Lipinski definition) is 7. The SMILES string of the molecule is CCOC(=O)C1=C(C)N=c2s/c(=C\c3cn(Cc4ccccc4Cl)c4ccccc34)c(=O)n2C1c1cc(OC)ccc1OC. The molecule has 44 heavy (non-hydrogen) atoms. The van der Waals surface area contributed by atoms with Gasteiger partial charge in [0.15, 0.2) is 4.80 Å². The number of methoxy groups -OCH3 is 2. The predicted octanol–water partition coefficient (Wildman–Crippen LogP) is 5.47. The van der Waals surface area contributed by atoms with Crippen LogP contribution < -0.4 is 24.4 Å². The van der Waals surface area contributed by atoms with E-state index in [1.807, 2.05) is 54.7 Å². The van der Waals surface area contributed by atoms with Crippen LogP contribution in [0.25, 0.3) is 17.0 Å². The molecule has 1 aliphatic heterocycles. The summed E-state index contributed by atoms with van der Waals surface area (Å²) in [5.74, 6) is 0.525. The highest BCUT2D eigenvalue weighted by atomic mass is 35.5. The second-order valence-corrected chi connectivity index (χ2v) is 11.6. The Kier molecular flexibility index (Phi) is 8.16. The van der Waals surface area contributed by atoms with Crippen molar-refractivity contribution in [3.63, 3.8) is 0 Å². The maximum atomic E-state index is 14.3. The number of hydrogen-bond donors (Lipinski definition) is 0.